The molecular formula is C16H25N3O7. The zero-order chi connectivity index (χ0) is 18.0. The summed E-state index contributed by atoms with van der Waals surface area (Å²) in [6.45, 7) is 0.534. The standard InChI is InChI=1S/C15H21N3O7.CH4/c19-7-11-10(20)4-12(25-11)18-6-9(14(22)17-15(18)23)13(21)16-5-8-2-1-3-24-8;/h6,8,10-12,19-20H,1-5,7H2,(H,16,21)(H,17,22,23);1H4/t8-,10?,11+,12+;/m0./s1. The number of H-pyrrole nitrogens is 1. The number of aromatic amines is 1. The van der Waals surface area contributed by atoms with Crippen molar-refractivity contribution in [3.63, 3.8) is 0 Å². The lowest BCUT2D eigenvalue weighted by Gasteiger charge is -2.15. The molecule has 2 saturated heterocycles. The number of carbonyl (C=O) groups is 1. The van der Waals surface area contributed by atoms with Crippen LogP contribution in [-0.4, -0.2) is 63.7 Å². The van der Waals surface area contributed by atoms with Crippen molar-refractivity contribution >= 4 is 5.91 Å². The molecule has 0 aliphatic carbocycles. The molecule has 1 aromatic rings. The molecule has 0 spiro atoms. The largest absolute Gasteiger partial charge is 0.394 e. The molecule has 1 unspecified atom stereocenters. The number of amides is 1. The van der Waals surface area contributed by atoms with Gasteiger partial charge in [0, 0.05) is 25.8 Å². The quantitative estimate of drug-likeness (QED) is 0.505. The molecule has 4 atom stereocenters. The van der Waals surface area contributed by atoms with Gasteiger partial charge in [0.15, 0.2) is 0 Å². The molecule has 1 amide bonds. The van der Waals surface area contributed by atoms with Crippen LogP contribution < -0.4 is 16.6 Å². The SMILES string of the molecule is C.O=C(NC[C@@H]1CCCO1)c1cn([C@H]2CC(O)[C@@H](CO)O2)c(=O)[nH]c1=O. The van der Waals surface area contributed by atoms with Crippen LogP contribution in [-0.2, 0) is 9.47 Å². The molecule has 26 heavy (non-hydrogen) atoms. The van der Waals surface area contributed by atoms with Crippen LogP contribution in [0.5, 0.6) is 0 Å². The Morgan fingerprint density at radius 1 is 1.42 bits per heavy atom. The van der Waals surface area contributed by atoms with Gasteiger partial charge in [-0.1, -0.05) is 7.43 Å². The fraction of sp³-hybridized carbons (Fsp3) is 0.688. The van der Waals surface area contributed by atoms with Gasteiger partial charge in [-0.15, -0.1) is 0 Å². The van der Waals surface area contributed by atoms with Crippen molar-refractivity contribution in [2.75, 3.05) is 19.8 Å². The van der Waals surface area contributed by atoms with E-state index in [4.69, 9.17) is 14.6 Å². The molecule has 3 heterocycles. The highest BCUT2D eigenvalue weighted by Crippen LogP contribution is 2.27. The second-order valence-electron chi connectivity index (χ2n) is 6.17. The molecule has 3 rings (SSSR count). The third kappa shape index (κ3) is 4.21. The van der Waals surface area contributed by atoms with E-state index in [9.17, 15) is 19.5 Å². The topological polar surface area (TPSA) is 143 Å². The molecule has 146 valence electrons. The Hall–Kier alpha value is -2.01. The lowest BCUT2D eigenvalue weighted by atomic mass is 10.2. The van der Waals surface area contributed by atoms with Crippen LogP contribution in [0.2, 0.25) is 0 Å². The van der Waals surface area contributed by atoms with Gasteiger partial charge >= 0.3 is 5.69 Å². The molecule has 10 heteroatoms. The molecule has 1 aromatic heterocycles. The van der Waals surface area contributed by atoms with Gasteiger partial charge in [0.25, 0.3) is 11.5 Å². The van der Waals surface area contributed by atoms with Gasteiger partial charge in [0.2, 0.25) is 0 Å². The fourth-order valence-corrected chi connectivity index (χ4v) is 3.02. The van der Waals surface area contributed by atoms with E-state index in [2.05, 4.69) is 10.3 Å². The first-order chi connectivity index (χ1) is 12.0. The van der Waals surface area contributed by atoms with E-state index in [0.29, 0.717) is 6.61 Å². The minimum absolute atomic E-state index is 0. The Kier molecular flexibility index (Phi) is 6.70. The van der Waals surface area contributed by atoms with E-state index in [-0.39, 0.29) is 32.1 Å². The van der Waals surface area contributed by atoms with Crippen molar-refractivity contribution in [1.29, 1.82) is 0 Å². The number of hydrogen-bond acceptors (Lipinski definition) is 7. The van der Waals surface area contributed by atoms with Crippen LogP contribution in [0.4, 0.5) is 0 Å². The van der Waals surface area contributed by atoms with E-state index in [1.165, 1.54) is 0 Å². The second kappa shape index (κ2) is 8.58. The zero-order valence-electron chi connectivity index (χ0n) is 13.5. The van der Waals surface area contributed by atoms with Gasteiger partial charge in [-0.05, 0) is 12.8 Å². The molecule has 0 radical (unpaired) electrons. The first-order valence-electron chi connectivity index (χ1n) is 8.19. The van der Waals surface area contributed by atoms with Crippen LogP contribution in [0.25, 0.3) is 0 Å². The Morgan fingerprint density at radius 2 is 2.19 bits per heavy atom. The summed E-state index contributed by atoms with van der Waals surface area (Å²) < 4.78 is 11.8. The van der Waals surface area contributed by atoms with Crippen molar-refractivity contribution in [3.05, 3.63) is 32.6 Å². The van der Waals surface area contributed by atoms with Gasteiger partial charge in [-0.25, -0.2) is 4.79 Å². The highest BCUT2D eigenvalue weighted by Gasteiger charge is 2.35. The molecule has 0 bridgehead atoms. The summed E-state index contributed by atoms with van der Waals surface area (Å²) in [5.74, 6) is -0.622. The molecule has 4 N–H and O–H groups in total. The van der Waals surface area contributed by atoms with Crippen molar-refractivity contribution in [2.45, 2.75) is 51.2 Å². The van der Waals surface area contributed by atoms with E-state index >= 15 is 0 Å². The maximum Gasteiger partial charge on any atom is 0.330 e. The van der Waals surface area contributed by atoms with Gasteiger partial charge in [-0.3, -0.25) is 19.1 Å². The zero-order valence-corrected chi connectivity index (χ0v) is 13.5. The van der Waals surface area contributed by atoms with E-state index in [1.54, 1.807) is 0 Å². The minimum Gasteiger partial charge on any atom is -0.394 e. The number of ether oxygens (including phenoxy) is 2. The summed E-state index contributed by atoms with van der Waals surface area (Å²) >= 11 is 0. The average molecular weight is 371 g/mol. The molecule has 0 saturated carbocycles. The number of nitrogens with zero attached hydrogens (tertiary/aromatic N) is 1. The predicted molar refractivity (Wildman–Crippen MR) is 91.0 cm³/mol. The third-order valence-corrected chi connectivity index (χ3v) is 4.42. The Labute approximate surface area is 149 Å². The highest BCUT2D eigenvalue weighted by molar-refractivity contribution is 5.93. The van der Waals surface area contributed by atoms with Gasteiger partial charge < -0.3 is 25.0 Å². The van der Waals surface area contributed by atoms with Crippen molar-refractivity contribution in [1.82, 2.24) is 14.9 Å². The maximum absolute atomic E-state index is 12.3. The molecule has 2 aliphatic heterocycles. The number of carbonyl (C=O) groups excluding carboxylic acids is 1. The van der Waals surface area contributed by atoms with E-state index < -0.39 is 42.2 Å². The first kappa shape index (κ1) is 20.3. The smallest absolute Gasteiger partial charge is 0.330 e. The Balaban J connectivity index is 0.00000243. The van der Waals surface area contributed by atoms with Crippen LogP contribution in [0.3, 0.4) is 0 Å². The second-order valence-corrected chi connectivity index (χ2v) is 6.17. The van der Waals surface area contributed by atoms with Crippen molar-refractivity contribution in [3.8, 4) is 0 Å². The van der Waals surface area contributed by atoms with E-state index in [1.807, 2.05) is 0 Å². The summed E-state index contributed by atoms with van der Waals surface area (Å²) in [4.78, 5) is 38.3. The van der Waals surface area contributed by atoms with Crippen LogP contribution in [0, 0.1) is 0 Å². The third-order valence-electron chi connectivity index (χ3n) is 4.42. The molecule has 0 aromatic carbocycles. The van der Waals surface area contributed by atoms with Crippen molar-refractivity contribution < 1.29 is 24.5 Å². The van der Waals surface area contributed by atoms with E-state index in [0.717, 1.165) is 23.6 Å². The lowest BCUT2D eigenvalue weighted by Crippen LogP contribution is -2.40. The number of hydrogen-bond donors (Lipinski definition) is 4. The molecule has 2 aliphatic rings. The number of aliphatic hydroxyl groups is 2. The Morgan fingerprint density at radius 3 is 2.81 bits per heavy atom. The molecule has 10 nitrogen and oxygen atoms in total. The minimum atomic E-state index is -0.939. The lowest BCUT2D eigenvalue weighted by molar-refractivity contribution is -0.0459. The summed E-state index contributed by atoms with van der Waals surface area (Å²) in [5, 5.41) is 21.5. The summed E-state index contributed by atoms with van der Waals surface area (Å²) in [5.41, 5.74) is -1.79. The monoisotopic (exact) mass is 371 g/mol. The summed E-state index contributed by atoms with van der Waals surface area (Å²) in [6, 6.07) is 0. The van der Waals surface area contributed by atoms with Crippen LogP contribution >= 0.6 is 0 Å². The number of aliphatic hydroxyl groups excluding tert-OH is 2. The van der Waals surface area contributed by atoms with Crippen molar-refractivity contribution in [2.24, 2.45) is 0 Å². The molecule has 2 fully saturated rings. The number of aromatic nitrogens is 2. The Bertz CT molecular complexity index is 738. The number of rotatable bonds is 5. The maximum atomic E-state index is 12.3. The fourth-order valence-electron chi connectivity index (χ4n) is 3.02. The summed E-state index contributed by atoms with van der Waals surface area (Å²) in [6.07, 6.45) is 0.239. The van der Waals surface area contributed by atoms with Crippen LogP contribution in [0.15, 0.2) is 15.8 Å². The van der Waals surface area contributed by atoms with Gasteiger partial charge in [0.05, 0.1) is 18.8 Å². The molecular weight excluding hydrogens is 346 g/mol. The van der Waals surface area contributed by atoms with Gasteiger partial charge in [-0.2, -0.15) is 0 Å². The first-order valence-corrected chi connectivity index (χ1v) is 8.19. The summed E-state index contributed by atoms with van der Waals surface area (Å²) in [7, 11) is 0. The highest BCUT2D eigenvalue weighted by atomic mass is 16.5. The predicted octanol–water partition coefficient (Wildman–Crippen LogP) is -1.28. The van der Waals surface area contributed by atoms with Crippen LogP contribution in [0.1, 0.15) is 43.3 Å². The van der Waals surface area contributed by atoms with Gasteiger partial charge in [0.1, 0.15) is 17.9 Å². The average Bonchev–Trinajstić information content (AvgIpc) is 3.22. The number of nitrogens with one attached hydrogen (secondary N) is 2. The normalized spacial score (nSPS) is 27.9.